The highest BCUT2D eigenvalue weighted by molar-refractivity contribution is 7.89. The van der Waals surface area contributed by atoms with E-state index in [9.17, 15) is 18.0 Å². The molecule has 174 valence electrons. The Morgan fingerprint density at radius 3 is 2.68 bits per heavy atom. The van der Waals surface area contributed by atoms with Crippen LogP contribution in [-0.4, -0.2) is 52.4 Å². The zero-order valence-electron chi connectivity index (χ0n) is 18.1. The summed E-state index contributed by atoms with van der Waals surface area (Å²) in [6.45, 7) is -0.268. The molecule has 0 saturated carbocycles. The molecule has 1 aromatic heterocycles. The van der Waals surface area contributed by atoms with E-state index < -0.39 is 28.6 Å². The van der Waals surface area contributed by atoms with Crippen LogP contribution in [0.5, 0.6) is 0 Å². The second kappa shape index (κ2) is 9.21. The van der Waals surface area contributed by atoms with Gasteiger partial charge in [-0.25, -0.2) is 8.42 Å². The number of hydrogen-bond acceptors (Lipinski definition) is 8. The van der Waals surface area contributed by atoms with Crippen molar-refractivity contribution in [2.75, 3.05) is 13.2 Å². The normalized spacial score (nSPS) is 17.1. The molecule has 0 radical (unpaired) electrons. The average molecular weight is 496 g/mol. The molecule has 1 saturated heterocycles. The Bertz CT molecular complexity index is 1490. The smallest absolute Gasteiger partial charge is 0.324 e. The van der Waals surface area contributed by atoms with E-state index >= 15 is 0 Å². The number of carbonyl (C=O) groups excluding carboxylic acids is 2. The Balaban J connectivity index is 1.36. The van der Waals surface area contributed by atoms with Crippen LogP contribution in [0.15, 0.2) is 65.6 Å². The minimum absolute atomic E-state index is 0.0188. The lowest BCUT2D eigenvalue weighted by Gasteiger charge is -2.32. The Labute approximate surface area is 200 Å². The van der Waals surface area contributed by atoms with E-state index in [1.807, 2.05) is 30.3 Å². The maximum Gasteiger partial charge on any atom is 0.324 e. The molecule has 2 heterocycles. The number of esters is 1. The molecule has 0 amide bonds. The third-order valence-electron chi connectivity index (χ3n) is 6.00. The van der Waals surface area contributed by atoms with E-state index in [1.165, 1.54) is 10.4 Å². The molecule has 0 spiro atoms. The van der Waals surface area contributed by atoms with Crippen molar-refractivity contribution >= 4 is 55.3 Å². The van der Waals surface area contributed by atoms with Crippen molar-refractivity contribution in [2.24, 2.45) is 0 Å². The Hall–Kier alpha value is -3.21. The molecular formula is C24H21N3O5S2. The van der Waals surface area contributed by atoms with E-state index in [0.29, 0.717) is 30.3 Å². The van der Waals surface area contributed by atoms with Crippen molar-refractivity contribution in [3.8, 4) is 0 Å². The number of piperidine rings is 1. The minimum atomic E-state index is -4.02. The molecule has 1 atom stereocenters. The van der Waals surface area contributed by atoms with Gasteiger partial charge in [0.2, 0.25) is 15.8 Å². The molecule has 0 bridgehead atoms. The first-order chi connectivity index (χ1) is 16.5. The molecule has 10 heteroatoms. The van der Waals surface area contributed by atoms with Crippen LogP contribution in [0.3, 0.4) is 0 Å². The van der Waals surface area contributed by atoms with Gasteiger partial charge < -0.3 is 4.74 Å². The number of aromatic nitrogens is 2. The summed E-state index contributed by atoms with van der Waals surface area (Å²) in [6, 6.07) is 16.6. The number of fused-ring (bicyclic) bond motifs is 2. The largest absolute Gasteiger partial charge is 0.456 e. The number of ether oxygens (including phenoxy) is 1. The van der Waals surface area contributed by atoms with Gasteiger partial charge in [-0.2, -0.15) is 13.1 Å². The van der Waals surface area contributed by atoms with Gasteiger partial charge in [-0.05, 0) is 42.2 Å². The fourth-order valence-corrected chi connectivity index (χ4v) is 6.72. The van der Waals surface area contributed by atoms with Crippen LogP contribution in [0.2, 0.25) is 0 Å². The number of rotatable bonds is 6. The highest BCUT2D eigenvalue weighted by Crippen LogP contribution is 2.30. The van der Waals surface area contributed by atoms with Gasteiger partial charge in [-0.15, -0.1) is 0 Å². The third kappa shape index (κ3) is 4.08. The second-order valence-electron chi connectivity index (χ2n) is 8.07. The van der Waals surface area contributed by atoms with Crippen molar-refractivity contribution in [2.45, 2.75) is 30.2 Å². The quantitative estimate of drug-likeness (QED) is 0.296. The van der Waals surface area contributed by atoms with Crippen molar-refractivity contribution in [1.29, 1.82) is 0 Å². The summed E-state index contributed by atoms with van der Waals surface area (Å²) in [5.74, 6) is -1.06. The van der Waals surface area contributed by atoms with E-state index in [0.717, 1.165) is 22.5 Å². The highest BCUT2D eigenvalue weighted by atomic mass is 32.2. The van der Waals surface area contributed by atoms with Crippen molar-refractivity contribution in [3.63, 3.8) is 0 Å². The topological polar surface area (TPSA) is 107 Å². The third-order valence-corrected chi connectivity index (χ3v) is 8.48. The van der Waals surface area contributed by atoms with Crippen molar-refractivity contribution in [3.05, 3.63) is 66.2 Å². The van der Waals surface area contributed by atoms with E-state index in [2.05, 4.69) is 8.75 Å². The molecular weight excluding hydrogens is 474 g/mol. The fourth-order valence-electron chi connectivity index (χ4n) is 4.32. The van der Waals surface area contributed by atoms with Crippen molar-refractivity contribution in [1.82, 2.24) is 13.1 Å². The maximum atomic E-state index is 13.5. The molecule has 3 aromatic carbocycles. The van der Waals surface area contributed by atoms with E-state index in [1.54, 1.807) is 24.3 Å². The molecule has 1 aliphatic heterocycles. The van der Waals surface area contributed by atoms with Gasteiger partial charge >= 0.3 is 5.97 Å². The summed E-state index contributed by atoms with van der Waals surface area (Å²) in [7, 11) is -4.02. The SMILES string of the molecule is O=C(COC(=O)C1CCCCN1S(=O)(=O)c1cccc2nsnc12)c1cccc2ccccc12. The molecule has 1 unspecified atom stereocenters. The number of Topliss-reactive ketones (excluding diaryl/α,β-unsaturated/α-hetero) is 1. The summed E-state index contributed by atoms with van der Waals surface area (Å²) in [5.41, 5.74) is 1.24. The molecule has 4 aromatic rings. The molecule has 0 N–H and O–H groups in total. The highest BCUT2D eigenvalue weighted by Gasteiger charge is 2.39. The number of nitrogens with zero attached hydrogens (tertiary/aromatic N) is 3. The van der Waals surface area contributed by atoms with Gasteiger partial charge in [0.25, 0.3) is 0 Å². The molecule has 5 rings (SSSR count). The first-order valence-electron chi connectivity index (χ1n) is 10.9. The molecule has 8 nitrogen and oxygen atoms in total. The molecule has 1 fully saturated rings. The van der Waals surface area contributed by atoms with Crippen LogP contribution < -0.4 is 0 Å². The fraction of sp³-hybridized carbons (Fsp3) is 0.250. The van der Waals surface area contributed by atoms with Gasteiger partial charge in [-0.3, -0.25) is 9.59 Å². The van der Waals surface area contributed by atoms with Crippen LogP contribution in [-0.2, 0) is 19.6 Å². The van der Waals surface area contributed by atoms with E-state index in [4.69, 9.17) is 4.74 Å². The zero-order chi connectivity index (χ0) is 23.7. The van der Waals surface area contributed by atoms with Crippen LogP contribution in [0.4, 0.5) is 0 Å². The summed E-state index contributed by atoms with van der Waals surface area (Å²) >= 11 is 0.935. The zero-order valence-corrected chi connectivity index (χ0v) is 19.7. The maximum absolute atomic E-state index is 13.5. The Kier molecular flexibility index (Phi) is 6.11. The molecule has 1 aliphatic rings. The second-order valence-corrected chi connectivity index (χ2v) is 10.5. The van der Waals surface area contributed by atoms with Gasteiger partial charge in [0.1, 0.15) is 22.0 Å². The summed E-state index contributed by atoms with van der Waals surface area (Å²) in [4.78, 5) is 25.9. The predicted octanol–water partition coefficient (Wildman–Crippen LogP) is 3.81. The molecule has 0 aliphatic carbocycles. The van der Waals surface area contributed by atoms with Crippen LogP contribution >= 0.6 is 11.7 Å². The number of sulfonamides is 1. The van der Waals surface area contributed by atoms with Crippen molar-refractivity contribution < 1.29 is 22.7 Å². The lowest BCUT2D eigenvalue weighted by molar-refractivity contribution is -0.148. The lowest BCUT2D eigenvalue weighted by atomic mass is 10.0. The predicted molar refractivity (Wildman–Crippen MR) is 128 cm³/mol. The Morgan fingerprint density at radius 1 is 1.00 bits per heavy atom. The monoisotopic (exact) mass is 495 g/mol. The number of benzene rings is 3. The summed E-state index contributed by atoms with van der Waals surface area (Å²) in [6.07, 6.45) is 1.64. The van der Waals surface area contributed by atoms with E-state index in [-0.39, 0.29) is 22.7 Å². The first-order valence-corrected chi connectivity index (χ1v) is 13.0. The minimum Gasteiger partial charge on any atom is -0.456 e. The van der Waals surface area contributed by atoms with Crippen LogP contribution in [0.1, 0.15) is 29.6 Å². The summed E-state index contributed by atoms with van der Waals surface area (Å²) in [5, 5.41) is 1.69. The summed E-state index contributed by atoms with van der Waals surface area (Å²) < 4.78 is 41.8. The van der Waals surface area contributed by atoms with Gasteiger partial charge in [0, 0.05) is 12.1 Å². The lowest BCUT2D eigenvalue weighted by Crippen LogP contribution is -2.48. The Morgan fingerprint density at radius 2 is 1.79 bits per heavy atom. The van der Waals surface area contributed by atoms with Gasteiger partial charge in [0.15, 0.2) is 6.61 Å². The number of hydrogen-bond donors (Lipinski definition) is 0. The average Bonchev–Trinajstić information content (AvgIpc) is 3.35. The van der Waals surface area contributed by atoms with Crippen LogP contribution in [0.25, 0.3) is 21.8 Å². The van der Waals surface area contributed by atoms with Crippen LogP contribution in [0, 0.1) is 0 Å². The standard InChI is InChI=1S/C24H21N3O5S2/c28-21(18-10-5-8-16-7-1-2-9-17(16)18)15-32-24(29)20-12-3-4-14-27(20)34(30,31)22-13-6-11-19-23(22)26-33-25-19/h1-2,5-11,13,20H,3-4,12,14-15H2. The number of carbonyl (C=O) groups is 2. The number of ketones is 1. The van der Waals surface area contributed by atoms with Gasteiger partial charge in [-0.1, -0.05) is 48.5 Å². The first kappa shape index (κ1) is 22.6. The van der Waals surface area contributed by atoms with Gasteiger partial charge in [0.05, 0.1) is 11.7 Å². The molecule has 34 heavy (non-hydrogen) atoms.